The number of carboxylic acid groups (broad SMARTS) is 1. The van der Waals surface area contributed by atoms with Crippen molar-refractivity contribution in [2.75, 3.05) is 18.4 Å². The van der Waals surface area contributed by atoms with Gasteiger partial charge in [0.05, 0.1) is 16.6 Å². The summed E-state index contributed by atoms with van der Waals surface area (Å²) in [6, 6.07) is 18.8. The van der Waals surface area contributed by atoms with Crippen molar-refractivity contribution in [1.82, 2.24) is 19.8 Å². The van der Waals surface area contributed by atoms with Crippen molar-refractivity contribution >= 4 is 40.5 Å². The van der Waals surface area contributed by atoms with Crippen LogP contribution in [0.3, 0.4) is 0 Å². The highest BCUT2D eigenvalue weighted by Gasteiger charge is 2.25. The van der Waals surface area contributed by atoms with E-state index in [1.807, 2.05) is 54.1 Å². The van der Waals surface area contributed by atoms with Gasteiger partial charge in [0.25, 0.3) is 5.91 Å². The molecule has 1 fully saturated rings. The van der Waals surface area contributed by atoms with E-state index in [4.69, 9.17) is 21.2 Å². The number of carbonyl (C=O) groups excluding carboxylic acids is 2. The third-order valence-electron chi connectivity index (χ3n) is 7.61. The number of piperidine rings is 1. The number of aromatic nitrogens is 2. The summed E-state index contributed by atoms with van der Waals surface area (Å²) in [7, 11) is 1.97. The van der Waals surface area contributed by atoms with E-state index in [1.54, 1.807) is 17.0 Å². The van der Waals surface area contributed by atoms with Crippen LogP contribution >= 0.6 is 0 Å². The first-order valence-electron chi connectivity index (χ1n) is 13.8. The Bertz CT molecular complexity index is 1650. The van der Waals surface area contributed by atoms with Crippen LogP contribution in [0, 0.1) is 5.41 Å². The van der Waals surface area contributed by atoms with Crippen LogP contribution < -0.4 is 16.4 Å². The molecule has 0 spiro atoms. The van der Waals surface area contributed by atoms with Crippen molar-refractivity contribution in [1.29, 1.82) is 5.41 Å². The molecule has 11 nitrogen and oxygen atoms in total. The molecule has 3 amide bonds. The number of aryl methyl sites for hydroxylation is 3. The number of imidazole rings is 1. The summed E-state index contributed by atoms with van der Waals surface area (Å²) in [5, 5.41) is 22.3. The van der Waals surface area contributed by atoms with E-state index in [0.717, 1.165) is 35.3 Å². The minimum absolute atomic E-state index is 0.0495. The number of nitrogens with zero attached hydrogens (tertiary/aromatic N) is 3. The zero-order valence-electron chi connectivity index (χ0n) is 23.3. The molecule has 216 valence electrons. The number of carbonyl (C=O) groups is 3. The lowest BCUT2D eigenvalue weighted by Crippen LogP contribution is -2.47. The van der Waals surface area contributed by atoms with Gasteiger partial charge in [-0.2, -0.15) is 0 Å². The topological polar surface area (TPSA) is 166 Å². The van der Waals surface area contributed by atoms with Gasteiger partial charge in [0.1, 0.15) is 11.7 Å². The van der Waals surface area contributed by atoms with Crippen LogP contribution in [0.15, 0.2) is 66.7 Å². The number of rotatable bonds is 8. The number of amidine groups is 1. The molecule has 1 saturated heterocycles. The number of nitrogens with one attached hydrogen (secondary N) is 3. The van der Waals surface area contributed by atoms with E-state index in [0.29, 0.717) is 42.7 Å². The van der Waals surface area contributed by atoms with Crippen molar-refractivity contribution in [2.45, 2.75) is 31.7 Å². The van der Waals surface area contributed by atoms with Crippen LogP contribution in [0.25, 0.3) is 11.0 Å². The van der Waals surface area contributed by atoms with Gasteiger partial charge in [-0.3, -0.25) is 10.2 Å². The summed E-state index contributed by atoms with van der Waals surface area (Å²) in [6.45, 7) is 1.01. The molecule has 42 heavy (non-hydrogen) atoms. The maximum atomic E-state index is 13.3. The number of hydrogen-bond donors (Lipinski definition) is 5. The molecule has 1 aromatic heterocycles. The predicted octanol–water partition coefficient (Wildman–Crippen LogP) is 3.77. The molecule has 0 unspecified atom stereocenters. The lowest BCUT2D eigenvalue weighted by atomic mass is 10.0. The summed E-state index contributed by atoms with van der Waals surface area (Å²) < 4.78 is 2.05. The first-order chi connectivity index (χ1) is 20.2. The smallest absolute Gasteiger partial charge is 0.335 e. The van der Waals surface area contributed by atoms with E-state index in [-0.39, 0.29) is 23.3 Å². The van der Waals surface area contributed by atoms with Gasteiger partial charge >= 0.3 is 12.0 Å². The van der Waals surface area contributed by atoms with Crippen LogP contribution in [0.1, 0.15) is 50.5 Å². The monoisotopic (exact) mass is 567 g/mol. The Morgan fingerprint density at radius 2 is 1.69 bits per heavy atom. The van der Waals surface area contributed by atoms with Crippen molar-refractivity contribution in [3.05, 3.63) is 94.8 Å². The first kappa shape index (κ1) is 28.3. The van der Waals surface area contributed by atoms with Gasteiger partial charge < -0.3 is 30.9 Å². The number of likely N-dealkylation sites (tertiary alicyclic amines) is 1. The second kappa shape index (κ2) is 12.1. The normalized spacial score (nSPS) is 13.6. The standard InChI is InChI=1S/C31H33N7O4/c1-37-26-11-10-21(18-25(26)36-27(37)12-7-19-5-8-20(9-6-19)28(32)33)29(39)38-15-13-23(14-16-38)34-31(42)35-24-4-2-3-22(17-24)30(40)41/h2-6,8-11,17-18,23H,7,12-16H2,1H3,(H3,32,33)(H,40,41)(H2,34,35,42). The molecule has 1 aliphatic heterocycles. The van der Waals surface area contributed by atoms with E-state index in [9.17, 15) is 14.4 Å². The van der Waals surface area contributed by atoms with Crippen molar-refractivity contribution in [2.24, 2.45) is 12.8 Å². The van der Waals surface area contributed by atoms with E-state index in [2.05, 4.69) is 10.6 Å². The third kappa shape index (κ3) is 6.41. The number of urea groups is 1. The van der Waals surface area contributed by atoms with Gasteiger partial charge in [-0.1, -0.05) is 30.3 Å². The van der Waals surface area contributed by atoms with E-state index in [1.165, 1.54) is 12.1 Å². The van der Waals surface area contributed by atoms with Crippen molar-refractivity contribution < 1.29 is 19.5 Å². The van der Waals surface area contributed by atoms with Crippen molar-refractivity contribution in [3.63, 3.8) is 0 Å². The SMILES string of the molecule is Cn1c(CCc2ccc(C(=N)N)cc2)nc2cc(C(=O)N3CCC(NC(=O)Nc4cccc(C(=O)O)c4)CC3)ccc21. The quantitative estimate of drug-likeness (QED) is 0.161. The molecule has 4 aromatic rings. The summed E-state index contributed by atoms with van der Waals surface area (Å²) in [5.74, 6) is -0.158. The number of aromatic carboxylic acids is 1. The van der Waals surface area contributed by atoms with Gasteiger partial charge in [0, 0.05) is 49.4 Å². The Morgan fingerprint density at radius 3 is 2.38 bits per heavy atom. The average molecular weight is 568 g/mol. The highest BCUT2D eigenvalue weighted by atomic mass is 16.4. The fourth-order valence-corrected chi connectivity index (χ4v) is 5.21. The van der Waals surface area contributed by atoms with Gasteiger partial charge in [0.2, 0.25) is 0 Å². The zero-order chi connectivity index (χ0) is 29.8. The van der Waals surface area contributed by atoms with Gasteiger partial charge in [-0.05, 0) is 61.2 Å². The van der Waals surface area contributed by atoms with E-state index >= 15 is 0 Å². The number of amides is 3. The second-order valence-corrected chi connectivity index (χ2v) is 10.5. The highest BCUT2D eigenvalue weighted by molar-refractivity contribution is 5.98. The molecule has 11 heteroatoms. The number of carboxylic acids is 1. The molecular formula is C31H33N7O4. The Labute approximate surface area is 242 Å². The Hall–Kier alpha value is -5.19. The summed E-state index contributed by atoms with van der Waals surface area (Å²) >= 11 is 0. The number of anilines is 1. The predicted molar refractivity (Wildman–Crippen MR) is 160 cm³/mol. The zero-order valence-corrected chi connectivity index (χ0v) is 23.3. The highest BCUT2D eigenvalue weighted by Crippen LogP contribution is 2.21. The number of benzene rings is 3. The van der Waals surface area contributed by atoms with E-state index < -0.39 is 12.0 Å². The summed E-state index contributed by atoms with van der Waals surface area (Å²) in [6.07, 6.45) is 2.74. The number of hydrogen-bond acceptors (Lipinski definition) is 5. The van der Waals surface area contributed by atoms with Crippen molar-refractivity contribution in [3.8, 4) is 0 Å². The molecule has 0 aliphatic carbocycles. The Morgan fingerprint density at radius 1 is 0.976 bits per heavy atom. The number of fused-ring (bicyclic) bond motifs is 1. The Kier molecular flexibility index (Phi) is 8.19. The van der Waals surface area contributed by atoms with Crippen LogP contribution in [0.5, 0.6) is 0 Å². The fraction of sp³-hybridized carbons (Fsp3) is 0.258. The molecule has 1 aliphatic rings. The lowest BCUT2D eigenvalue weighted by molar-refractivity contribution is 0.0691. The minimum Gasteiger partial charge on any atom is -0.478 e. The maximum Gasteiger partial charge on any atom is 0.335 e. The first-order valence-corrected chi connectivity index (χ1v) is 13.8. The van der Waals surface area contributed by atoms with Crippen LogP contribution in [0.2, 0.25) is 0 Å². The molecule has 3 aromatic carbocycles. The van der Waals surface area contributed by atoms with Crippen LogP contribution in [-0.2, 0) is 19.9 Å². The maximum absolute atomic E-state index is 13.3. The van der Waals surface area contributed by atoms with Gasteiger partial charge in [-0.15, -0.1) is 0 Å². The largest absolute Gasteiger partial charge is 0.478 e. The van der Waals surface area contributed by atoms with Gasteiger partial charge in [-0.25, -0.2) is 14.6 Å². The van der Waals surface area contributed by atoms with Crippen LogP contribution in [-0.4, -0.2) is 62.4 Å². The van der Waals surface area contributed by atoms with Gasteiger partial charge in [0.15, 0.2) is 0 Å². The summed E-state index contributed by atoms with van der Waals surface area (Å²) in [5.41, 5.74) is 10.2. The fourth-order valence-electron chi connectivity index (χ4n) is 5.21. The molecule has 0 radical (unpaired) electrons. The Balaban J connectivity index is 1.15. The molecular weight excluding hydrogens is 534 g/mol. The average Bonchev–Trinajstić information content (AvgIpc) is 3.30. The lowest BCUT2D eigenvalue weighted by Gasteiger charge is -2.32. The second-order valence-electron chi connectivity index (χ2n) is 10.5. The number of nitrogens with two attached hydrogens (primary N) is 1. The van der Waals surface area contributed by atoms with Crippen LogP contribution in [0.4, 0.5) is 10.5 Å². The molecule has 6 N–H and O–H groups in total. The minimum atomic E-state index is -1.06. The molecule has 2 heterocycles. The molecule has 0 bridgehead atoms. The summed E-state index contributed by atoms with van der Waals surface area (Å²) in [4.78, 5) is 43.5. The molecule has 5 rings (SSSR count). The molecule has 0 atom stereocenters. The third-order valence-corrected chi connectivity index (χ3v) is 7.61. The molecule has 0 saturated carbocycles. The number of nitrogen functional groups attached to an aromatic ring is 1.